The molecule has 4 amide bonds. The first kappa shape index (κ1) is 55.4. The molecule has 0 bridgehead atoms. The van der Waals surface area contributed by atoms with E-state index in [-0.39, 0.29) is 50.1 Å². The topological polar surface area (TPSA) is 180 Å². The number of esters is 2. The van der Waals surface area contributed by atoms with Crippen LogP contribution in [-0.2, 0) is 47.2 Å². The number of benzene rings is 6. The third-order valence-corrected chi connectivity index (χ3v) is 16.3. The number of hydrogen-bond donors (Lipinski definition) is 2. The SMILES string of the molecule is COC(=O)C(NC(=O)N1C(=O)C2(c3cc(C#CCN(C)Cc4ccccc4)ccc31)C(C(=O)N1CCN(Cc3ccc4c(c3)OCO4)CC1)C1C(=O)OC(c3ccccc3)C(c3ccccc3)N1C2c1ccccc1OCCO)C(C)C. The van der Waals surface area contributed by atoms with Crippen LogP contribution in [0.5, 0.6) is 17.2 Å². The molecule has 6 aromatic rings. The lowest BCUT2D eigenvalue weighted by atomic mass is 9.64. The Kier molecular flexibility index (Phi) is 16.1. The van der Waals surface area contributed by atoms with E-state index in [1.54, 1.807) is 55.1 Å². The van der Waals surface area contributed by atoms with E-state index in [0.717, 1.165) is 21.6 Å². The van der Waals surface area contributed by atoms with Crippen LogP contribution in [-0.4, -0.2) is 133 Å². The number of rotatable bonds is 15. The highest BCUT2D eigenvalue weighted by Crippen LogP contribution is 2.67. The van der Waals surface area contributed by atoms with E-state index in [9.17, 15) is 9.90 Å². The lowest BCUT2D eigenvalue weighted by Gasteiger charge is -2.46. The van der Waals surface area contributed by atoms with Crippen molar-refractivity contribution in [3.05, 3.63) is 191 Å². The molecule has 3 saturated heterocycles. The van der Waals surface area contributed by atoms with Crippen molar-refractivity contribution < 1.29 is 52.8 Å². The Morgan fingerprint density at radius 3 is 2.18 bits per heavy atom. The first-order chi connectivity index (χ1) is 39.9. The average molecular weight is 1110 g/mol. The normalized spacial score (nSPS) is 22.3. The second-order valence-electron chi connectivity index (χ2n) is 21.7. The Bertz CT molecular complexity index is 3400. The van der Waals surface area contributed by atoms with Crippen LogP contribution in [0.15, 0.2) is 152 Å². The van der Waals surface area contributed by atoms with Crippen molar-refractivity contribution in [2.24, 2.45) is 11.8 Å². The first-order valence-electron chi connectivity index (χ1n) is 27.8. The Morgan fingerprint density at radius 2 is 1.48 bits per heavy atom. The lowest BCUT2D eigenvalue weighted by molar-refractivity contribution is -0.179. The summed E-state index contributed by atoms with van der Waals surface area (Å²) >= 11 is 0. The Balaban J connectivity index is 1.12. The fourth-order valence-corrected chi connectivity index (χ4v) is 12.6. The molecule has 2 N–H and O–H groups in total. The largest absolute Gasteiger partial charge is 0.491 e. The van der Waals surface area contributed by atoms with Gasteiger partial charge >= 0.3 is 18.0 Å². The number of ether oxygens (including phenoxy) is 5. The lowest BCUT2D eigenvalue weighted by Crippen LogP contribution is -2.59. The molecule has 82 heavy (non-hydrogen) atoms. The number of carbonyl (C=O) groups excluding carboxylic acids is 5. The maximum absolute atomic E-state index is 17.1. The number of hydrogen-bond acceptors (Lipinski definition) is 14. The quantitative estimate of drug-likeness (QED) is 0.0780. The number of methoxy groups -OCH3 is 1. The molecule has 0 saturated carbocycles. The Labute approximate surface area is 477 Å². The van der Waals surface area contributed by atoms with Crippen molar-refractivity contribution in [3.8, 4) is 29.1 Å². The summed E-state index contributed by atoms with van der Waals surface area (Å²) in [7, 11) is 3.20. The third kappa shape index (κ3) is 10.4. The summed E-state index contributed by atoms with van der Waals surface area (Å²) in [5.41, 5.74) is 2.68. The summed E-state index contributed by atoms with van der Waals surface area (Å²) in [4.78, 5) is 87.6. The number of anilines is 1. The number of morpholine rings is 1. The Hall–Kier alpha value is -8.53. The minimum atomic E-state index is -2.14. The van der Waals surface area contributed by atoms with Crippen molar-refractivity contribution in [2.75, 3.05) is 71.8 Å². The predicted octanol–water partition coefficient (Wildman–Crippen LogP) is 7.19. The molecule has 11 rings (SSSR count). The van der Waals surface area contributed by atoms with Crippen molar-refractivity contribution in [1.29, 1.82) is 0 Å². The van der Waals surface area contributed by atoms with Gasteiger partial charge in [-0.1, -0.05) is 141 Å². The van der Waals surface area contributed by atoms with E-state index in [1.807, 2.05) is 115 Å². The number of nitrogens with zero attached hydrogens (tertiary/aromatic N) is 5. The number of fused-ring (bicyclic) bond motifs is 4. The fraction of sp³-hybridized carbons (Fsp3) is 0.338. The second kappa shape index (κ2) is 23.9. The van der Waals surface area contributed by atoms with E-state index in [0.29, 0.717) is 60.9 Å². The number of aliphatic hydroxyl groups excluding tert-OH is 1. The summed E-state index contributed by atoms with van der Waals surface area (Å²) in [6.45, 7) is 6.12. The van der Waals surface area contributed by atoms with Crippen molar-refractivity contribution in [2.45, 2.75) is 62.6 Å². The van der Waals surface area contributed by atoms with Gasteiger partial charge in [0.15, 0.2) is 11.5 Å². The minimum absolute atomic E-state index is 0.127. The Morgan fingerprint density at radius 1 is 0.793 bits per heavy atom. The van der Waals surface area contributed by atoms with Crippen LogP contribution in [0.1, 0.15) is 71.0 Å². The maximum atomic E-state index is 17.1. The van der Waals surface area contributed by atoms with E-state index in [1.165, 1.54) is 7.11 Å². The highest BCUT2D eigenvalue weighted by molar-refractivity contribution is 6.25. The van der Waals surface area contributed by atoms with Crippen LogP contribution < -0.4 is 24.4 Å². The summed E-state index contributed by atoms with van der Waals surface area (Å²) < 4.78 is 29.6. The molecule has 0 aliphatic carbocycles. The molecule has 5 aliphatic rings. The molecule has 3 fully saturated rings. The standard InChI is InChI=1S/C65H66N6O11/c1-42(2)55(61(74)78-4)66-64(77)70-50-28-26-43(19-16-30-67(3)39-44-17-8-5-9-18-44)37-49(50)65(63(70)76)54(60(73)69-33-31-68(32-34-69)40-45-27-29-52-53(38-45)81-41-80-52)57-62(75)82-58(47-22-12-7-13-23-47)56(46-20-10-6-11-21-46)71(57)59(65)48-24-14-15-25-51(48)79-36-35-72/h5-15,17-18,20-29,37-38,42,54-59,72H,30-36,39-41H2,1-4H3,(H,66,77). The highest BCUT2D eigenvalue weighted by Gasteiger charge is 2.76. The number of cyclic esters (lactones) is 1. The van der Waals surface area contributed by atoms with E-state index in [4.69, 9.17) is 23.7 Å². The maximum Gasteiger partial charge on any atom is 0.329 e. The van der Waals surface area contributed by atoms with Crippen LogP contribution in [0, 0.1) is 23.7 Å². The van der Waals surface area contributed by atoms with Crippen molar-refractivity contribution >= 4 is 35.5 Å². The van der Waals surface area contributed by atoms with Crippen LogP contribution in [0.3, 0.4) is 0 Å². The zero-order valence-electron chi connectivity index (χ0n) is 46.3. The molecule has 17 nitrogen and oxygen atoms in total. The van der Waals surface area contributed by atoms with Crippen LogP contribution >= 0.6 is 0 Å². The van der Waals surface area contributed by atoms with E-state index >= 15 is 19.2 Å². The molecule has 7 atom stereocenters. The average Bonchev–Trinajstić information content (AvgIpc) is 1.61. The van der Waals surface area contributed by atoms with Gasteiger partial charge in [0.25, 0.3) is 0 Å². The van der Waals surface area contributed by atoms with Gasteiger partial charge in [0.05, 0.1) is 44.0 Å². The van der Waals surface area contributed by atoms with Gasteiger partial charge in [-0.25, -0.2) is 14.5 Å². The van der Waals surface area contributed by atoms with E-state index < -0.39 is 77.3 Å². The second-order valence-corrected chi connectivity index (χ2v) is 21.7. The number of imide groups is 1. The van der Waals surface area contributed by atoms with Crippen molar-refractivity contribution in [1.82, 2.24) is 24.9 Å². The van der Waals surface area contributed by atoms with Gasteiger partial charge in [-0.2, -0.15) is 0 Å². The first-order valence-corrected chi connectivity index (χ1v) is 27.8. The molecular weight excluding hydrogens is 1040 g/mol. The number of amides is 4. The van der Waals surface area contributed by atoms with Gasteiger partial charge in [0.2, 0.25) is 18.6 Å². The molecule has 422 valence electrons. The highest BCUT2D eigenvalue weighted by atomic mass is 16.7. The van der Waals surface area contributed by atoms with Gasteiger partial charge in [-0.15, -0.1) is 0 Å². The summed E-state index contributed by atoms with van der Waals surface area (Å²) in [6.07, 6.45) is -0.974. The van der Waals surface area contributed by atoms with Crippen LogP contribution in [0.2, 0.25) is 0 Å². The van der Waals surface area contributed by atoms with Crippen molar-refractivity contribution in [3.63, 3.8) is 0 Å². The van der Waals surface area contributed by atoms with Gasteiger partial charge < -0.3 is 39.0 Å². The van der Waals surface area contributed by atoms with E-state index in [2.05, 4.69) is 39.1 Å². The molecule has 0 radical (unpaired) electrons. The predicted molar refractivity (Wildman–Crippen MR) is 304 cm³/mol. The van der Waals surface area contributed by atoms with Gasteiger partial charge in [0.1, 0.15) is 36.0 Å². The van der Waals surface area contributed by atoms with Gasteiger partial charge in [0, 0.05) is 50.4 Å². The third-order valence-electron chi connectivity index (χ3n) is 16.3. The number of para-hydroxylation sites is 1. The number of nitrogens with one attached hydrogen (secondary N) is 1. The molecule has 5 aliphatic heterocycles. The number of carbonyl (C=O) groups is 5. The van der Waals surface area contributed by atoms with Gasteiger partial charge in [-0.3, -0.25) is 29.1 Å². The minimum Gasteiger partial charge on any atom is -0.491 e. The van der Waals surface area contributed by atoms with Crippen LogP contribution in [0.25, 0.3) is 0 Å². The number of aliphatic hydroxyl groups is 1. The number of urea groups is 1. The molecule has 7 unspecified atom stereocenters. The molecule has 6 aromatic carbocycles. The molecule has 0 aromatic heterocycles. The summed E-state index contributed by atoms with van der Waals surface area (Å²) in [6, 6.07) is 41.4. The smallest absolute Gasteiger partial charge is 0.329 e. The molecule has 1 spiro atoms. The monoisotopic (exact) mass is 1110 g/mol. The zero-order valence-corrected chi connectivity index (χ0v) is 46.3. The molecule has 17 heteroatoms. The summed E-state index contributed by atoms with van der Waals surface area (Å²) in [5, 5.41) is 13.1. The number of piperazine rings is 1. The molecule has 5 heterocycles. The van der Waals surface area contributed by atoms with Gasteiger partial charge in [-0.05, 0) is 77.2 Å². The fourth-order valence-electron chi connectivity index (χ4n) is 12.6. The molecular formula is C65H66N6O11. The summed E-state index contributed by atoms with van der Waals surface area (Å²) in [5.74, 6) is 3.50. The van der Waals surface area contributed by atoms with Crippen LogP contribution in [0.4, 0.5) is 10.5 Å². The zero-order chi connectivity index (χ0) is 57.1.